The number of esters is 1. The normalized spacial score (nSPS) is 10.2. The first-order chi connectivity index (χ1) is 13.1. The van der Waals surface area contributed by atoms with Crippen molar-refractivity contribution in [2.75, 3.05) is 13.2 Å². The number of carbonyl (C=O) groups excluding carboxylic acids is 2. The number of carboxylic acids is 1. The van der Waals surface area contributed by atoms with Gasteiger partial charge >= 0.3 is 11.9 Å². The van der Waals surface area contributed by atoms with Crippen molar-refractivity contribution >= 4 is 17.8 Å². The highest BCUT2D eigenvalue weighted by atomic mass is 16.5. The average Bonchev–Trinajstić information content (AvgIpc) is 2.62. The van der Waals surface area contributed by atoms with Crippen LogP contribution in [0, 0.1) is 11.8 Å². The van der Waals surface area contributed by atoms with E-state index in [1.165, 1.54) is 12.1 Å². The molecule has 0 heterocycles. The lowest BCUT2D eigenvalue weighted by Gasteiger charge is -2.06. The van der Waals surface area contributed by atoms with E-state index in [0.717, 1.165) is 12.8 Å². The van der Waals surface area contributed by atoms with E-state index in [1.807, 2.05) is 13.8 Å². The highest BCUT2D eigenvalue weighted by molar-refractivity contribution is 5.89. The van der Waals surface area contributed by atoms with Crippen molar-refractivity contribution < 1.29 is 29.3 Å². The van der Waals surface area contributed by atoms with Gasteiger partial charge in [0.25, 0.3) is 0 Å². The minimum absolute atomic E-state index is 0.0715. The number of aromatic hydroxyl groups is 1. The first-order valence-electron chi connectivity index (χ1n) is 9.56. The van der Waals surface area contributed by atoms with Crippen LogP contribution in [0.2, 0.25) is 0 Å². The Morgan fingerprint density at radius 1 is 1.00 bits per heavy atom. The van der Waals surface area contributed by atoms with Gasteiger partial charge in [0.05, 0.1) is 18.6 Å². The summed E-state index contributed by atoms with van der Waals surface area (Å²) in [5.41, 5.74) is 0.474. The number of aliphatic carboxylic acids is 1. The van der Waals surface area contributed by atoms with Crippen molar-refractivity contribution in [1.29, 1.82) is 0 Å². The third kappa shape index (κ3) is 14.6. The summed E-state index contributed by atoms with van der Waals surface area (Å²) in [6, 6.07) is 6.07. The first kappa shape index (κ1) is 25.4. The Kier molecular flexibility index (Phi) is 13.2. The van der Waals surface area contributed by atoms with Crippen LogP contribution in [0.1, 0.15) is 63.7 Å². The van der Waals surface area contributed by atoms with E-state index in [-0.39, 0.29) is 30.5 Å². The Bertz CT molecular complexity index is 595. The van der Waals surface area contributed by atoms with Gasteiger partial charge in [-0.1, -0.05) is 27.7 Å². The predicted octanol–water partition coefficient (Wildman–Crippen LogP) is 3.61. The van der Waals surface area contributed by atoms with Crippen molar-refractivity contribution in [3.63, 3.8) is 0 Å². The Balaban J connectivity index is 0.000000546. The fourth-order valence-electron chi connectivity index (χ4n) is 1.96. The number of carboxylic acid groups (broad SMARTS) is 1. The smallest absolute Gasteiger partial charge is 0.338 e. The van der Waals surface area contributed by atoms with Crippen LogP contribution in [0.15, 0.2) is 24.3 Å². The number of rotatable bonds is 10. The SMILES string of the molecule is CC(C)CCCOC(=O)c1ccc(O)cc1.CC(C)CNC(=O)CCC(=O)O. The molecule has 1 aromatic carbocycles. The number of hydrogen-bond donors (Lipinski definition) is 3. The molecule has 1 rings (SSSR count). The summed E-state index contributed by atoms with van der Waals surface area (Å²) >= 11 is 0. The molecule has 7 nitrogen and oxygen atoms in total. The standard InChI is InChI=1S/C13H18O3.C8H15NO3/c1-10(2)4-3-9-16-13(15)11-5-7-12(14)8-6-11;1-6(2)5-9-7(10)3-4-8(11)12/h5-8,10,14H,3-4,9H2,1-2H3;6H,3-5H2,1-2H3,(H,9,10)(H,11,12). The van der Waals surface area contributed by atoms with Crippen LogP contribution in [-0.4, -0.2) is 41.2 Å². The van der Waals surface area contributed by atoms with Gasteiger partial charge in [0.15, 0.2) is 0 Å². The first-order valence-corrected chi connectivity index (χ1v) is 9.56. The van der Waals surface area contributed by atoms with Crippen molar-refractivity contribution in [3.8, 4) is 5.75 Å². The van der Waals surface area contributed by atoms with Gasteiger partial charge in [-0.2, -0.15) is 0 Å². The molecule has 0 aromatic heterocycles. The van der Waals surface area contributed by atoms with Gasteiger partial charge in [-0.3, -0.25) is 9.59 Å². The van der Waals surface area contributed by atoms with Gasteiger partial charge in [0.1, 0.15) is 5.75 Å². The second kappa shape index (κ2) is 14.5. The van der Waals surface area contributed by atoms with Crippen molar-refractivity contribution in [2.45, 2.75) is 53.4 Å². The molecule has 0 unspecified atom stereocenters. The molecule has 0 aliphatic heterocycles. The van der Waals surface area contributed by atoms with Crippen LogP contribution in [0.4, 0.5) is 0 Å². The van der Waals surface area contributed by atoms with Crippen LogP contribution in [0.3, 0.4) is 0 Å². The summed E-state index contributed by atoms with van der Waals surface area (Å²) in [5.74, 6) is -0.271. The summed E-state index contributed by atoms with van der Waals surface area (Å²) in [4.78, 5) is 32.4. The van der Waals surface area contributed by atoms with Crippen LogP contribution < -0.4 is 5.32 Å². The molecule has 0 spiro atoms. The Labute approximate surface area is 167 Å². The second-order valence-electron chi connectivity index (χ2n) is 7.31. The lowest BCUT2D eigenvalue weighted by atomic mass is 10.1. The molecule has 0 aliphatic carbocycles. The third-order valence-corrected chi connectivity index (χ3v) is 3.54. The van der Waals surface area contributed by atoms with E-state index in [2.05, 4.69) is 19.2 Å². The number of nitrogens with one attached hydrogen (secondary N) is 1. The zero-order valence-electron chi connectivity index (χ0n) is 17.2. The van der Waals surface area contributed by atoms with Crippen molar-refractivity contribution in [1.82, 2.24) is 5.32 Å². The van der Waals surface area contributed by atoms with Gasteiger partial charge in [0, 0.05) is 13.0 Å². The maximum absolute atomic E-state index is 11.5. The molecule has 0 bridgehead atoms. The predicted molar refractivity (Wildman–Crippen MR) is 107 cm³/mol. The number of amides is 1. The molecule has 158 valence electrons. The third-order valence-electron chi connectivity index (χ3n) is 3.54. The fraction of sp³-hybridized carbons (Fsp3) is 0.571. The summed E-state index contributed by atoms with van der Waals surface area (Å²) in [5, 5.41) is 20.0. The molecular weight excluding hydrogens is 362 g/mol. The lowest BCUT2D eigenvalue weighted by Crippen LogP contribution is -2.27. The molecule has 28 heavy (non-hydrogen) atoms. The average molecular weight is 395 g/mol. The van der Waals surface area contributed by atoms with Crippen LogP contribution in [-0.2, 0) is 14.3 Å². The summed E-state index contributed by atoms with van der Waals surface area (Å²) in [7, 11) is 0. The molecule has 1 aromatic rings. The van der Waals surface area contributed by atoms with E-state index in [9.17, 15) is 14.4 Å². The molecular formula is C21H33NO6. The zero-order chi connectivity index (χ0) is 21.5. The summed E-state index contributed by atoms with van der Waals surface area (Å²) < 4.78 is 5.10. The van der Waals surface area contributed by atoms with Gasteiger partial charge in [0.2, 0.25) is 5.91 Å². The van der Waals surface area contributed by atoms with Gasteiger partial charge in [-0.15, -0.1) is 0 Å². The summed E-state index contributed by atoms with van der Waals surface area (Å²) in [6.45, 7) is 9.31. The van der Waals surface area contributed by atoms with Crippen LogP contribution in [0.25, 0.3) is 0 Å². The number of benzene rings is 1. The van der Waals surface area contributed by atoms with Gasteiger partial charge in [-0.25, -0.2) is 4.79 Å². The largest absolute Gasteiger partial charge is 0.508 e. The van der Waals surface area contributed by atoms with E-state index >= 15 is 0 Å². The van der Waals surface area contributed by atoms with Crippen molar-refractivity contribution in [3.05, 3.63) is 29.8 Å². The van der Waals surface area contributed by atoms with E-state index in [1.54, 1.807) is 12.1 Å². The summed E-state index contributed by atoms with van der Waals surface area (Å²) in [6.07, 6.45) is 1.93. The van der Waals surface area contributed by atoms with Gasteiger partial charge in [-0.05, 0) is 48.9 Å². The Hall–Kier alpha value is -2.57. The minimum Gasteiger partial charge on any atom is -0.508 e. The molecule has 0 aliphatic rings. The molecule has 0 radical (unpaired) electrons. The molecule has 1 amide bonds. The van der Waals surface area contributed by atoms with Crippen molar-refractivity contribution in [2.24, 2.45) is 11.8 Å². The Morgan fingerprint density at radius 2 is 1.61 bits per heavy atom. The van der Waals surface area contributed by atoms with E-state index in [0.29, 0.717) is 30.6 Å². The lowest BCUT2D eigenvalue weighted by molar-refractivity contribution is -0.138. The quantitative estimate of drug-likeness (QED) is 0.412. The second-order valence-corrected chi connectivity index (χ2v) is 7.31. The number of phenols is 1. The number of hydrogen-bond acceptors (Lipinski definition) is 5. The Morgan fingerprint density at radius 3 is 2.11 bits per heavy atom. The highest BCUT2D eigenvalue weighted by Gasteiger charge is 2.06. The molecule has 0 saturated heterocycles. The highest BCUT2D eigenvalue weighted by Crippen LogP contribution is 2.11. The van der Waals surface area contributed by atoms with E-state index < -0.39 is 5.97 Å². The molecule has 7 heteroatoms. The zero-order valence-corrected chi connectivity index (χ0v) is 17.2. The molecule has 0 saturated carbocycles. The maximum atomic E-state index is 11.5. The fourth-order valence-corrected chi connectivity index (χ4v) is 1.96. The molecule has 3 N–H and O–H groups in total. The van der Waals surface area contributed by atoms with Gasteiger partial charge < -0.3 is 20.3 Å². The van der Waals surface area contributed by atoms with Crippen LogP contribution >= 0.6 is 0 Å². The topological polar surface area (TPSA) is 113 Å². The van der Waals surface area contributed by atoms with E-state index in [4.69, 9.17) is 14.9 Å². The van der Waals surface area contributed by atoms with Crippen LogP contribution in [0.5, 0.6) is 5.75 Å². The number of ether oxygens (including phenoxy) is 1. The monoisotopic (exact) mass is 395 g/mol. The molecule has 0 atom stereocenters. The molecule has 0 fully saturated rings. The number of phenolic OH excluding ortho intramolecular Hbond substituents is 1. The number of carbonyl (C=O) groups is 3. The minimum atomic E-state index is -0.935. The maximum Gasteiger partial charge on any atom is 0.338 e.